The van der Waals surface area contributed by atoms with Gasteiger partial charge in [-0.1, -0.05) is 6.92 Å². The summed E-state index contributed by atoms with van der Waals surface area (Å²) in [6.07, 6.45) is 4.69. The molecule has 1 fully saturated rings. The Balaban J connectivity index is 1.77. The fourth-order valence-electron chi connectivity index (χ4n) is 1.86. The van der Waals surface area contributed by atoms with Gasteiger partial charge in [0.05, 0.1) is 0 Å². The van der Waals surface area contributed by atoms with Crippen molar-refractivity contribution in [1.82, 2.24) is 24.7 Å². The molecule has 3 rings (SSSR count). The molecule has 2 aromatic heterocycles. The van der Waals surface area contributed by atoms with Gasteiger partial charge in [0.2, 0.25) is 11.9 Å². The van der Waals surface area contributed by atoms with Crippen LogP contribution in [0, 0.1) is 11.8 Å². The molecular weight excluding hydrogens is 230 g/mol. The fourth-order valence-corrected chi connectivity index (χ4v) is 1.86. The summed E-state index contributed by atoms with van der Waals surface area (Å²) in [6, 6.07) is 1.80. The number of hydrogen-bond donors (Lipinski definition) is 2. The van der Waals surface area contributed by atoms with Crippen LogP contribution in [-0.4, -0.2) is 31.3 Å². The lowest BCUT2D eigenvalue weighted by Crippen LogP contribution is -2.13. The van der Waals surface area contributed by atoms with Crippen LogP contribution >= 0.6 is 0 Å². The molecule has 2 unspecified atom stereocenters. The molecule has 0 aliphatic heterocycles. The van der Waals surface area contributed by atoms with Gasteiger partial charge in [0, 0.05) is 18.9 Å². The molecule has 0 aromatic carbocycles. The summed E-state index contributed by atoms with van der Waals surface area (Å²) in [4.78, 5) is 12.4. The van der Waals surface area contributed by atoms with Crippen molar-refractivity contribution >= 4 is 11.9 Å². The zero-order valence-corrected chi connectivity index (χ0v) is 10.1. The smallest absolute Gasteiger partial charge is 0.257 e. The molecule has 7 heteroatoms. The number of anilines is 2. The van der Waals surface area contributed by atoms with Crippen molar-refractivity contribution in [3.63, 3.8) is 0 Å². The molecule has 94 valence electrons. The van der Waals surface area contributed by atoms with Crippen molar-refractivity contribution in [3.05, 3.63) is 18.5 Å². The molecule has 1 aliphatic rings. The SMILES string of the molecule is CC1CC1CNc1nc(N)nc(-n2cccn2)n1. The van der Waals surface area contributed by atoms with E-state index in [0.717, 1.165) is 18.4 Å². The van der Waals surface area contributed by atoms with E-state index >= 15 is 0 Å². The van der Waals surface area contributed by atoms with E-state index in [-0.39, 0.29) is 5.95 Å². The molecule has 2 atom stereocenters. The third-order valence-electron chi connectivity index (χ3n) is 3.15. The molecule has 2 heterocycles. The van der Waals surface area contributed by atoms with Crippen molar-refractivity contribution in [3.8, 4) is 5.95 Å². The maximum Gasteiger partial charge on any atom is 0.257 e. The Kier molecular flexibility index (Phi) is 2.58. The molecule has 0 radical (unpaired) electrons. The first-order valence-electron chi connectivity index (χ1n) is 5.98. The number of rotatable bonds is 4. The Morgan fingerprint density at radius 2 is 2.28 bits per heavy atom. The van der Waals surface area contributed by atoms with Gasteiger partial charge in [-0.2, -0.15) is 20.1 Å². The molecule has 0 saturated heterocycles. The number of nitrogens with zero attached hydrogens (tertiary/aromatic N) is 5. The molecule has 3 N–H and O–H groups in total. The predicted octanol–water partition coefficient (Wildman–Crippen LogP) is 0.707. The van der Waals surface area contributed by atoms with E-state index in [1.54, 1.807) is 23.1 Å². The van der Waals surface area contributed by atoms with Gasteiger partial charge in [-0.05, 0) is 24.3 Å². The van der Waals surface area contributed by atoms with Crippen LogP contribution in [0.15, 0.2) is 18.5 Å². The van der Waals surface area contributed by atoms with Gasteiger partial charge in [-0.25, -0.2) is 4.68 Å². The Labute approximate surface area is 104 Å². The molecule has 0 bridgehead atoms. The summed E-state index contributed by atoms with van der Waals surface area (Å²) in [6.45, 7) is 3.12. The Hall–Kier alpha value is -2.18. The highest BCUT2D eigenvalue weighted by atomic mass is 15.4. The largest absolute Gasteiger partial charge is 0.368 e. The zero-order valence-electron chi connectivity index (χ0n) is 10.1. The highest BCUT2D eigenvalue weighted by molar-refractivity contribution is 5.35. The number of aromatic nitrogens is 5. The average Bonchev–Trinajstić information content (AvgIpc) is 2.83. The number of nitrogen functional groups attached to an aromatic ring is 1. The van der Waals surface area contributed by atoms with Gasteiger partial charge in [-0.3, -0.25) is 0 Å². The van der Waals surface area contributed by atoms with Crippen LogP contribution in [-0.2, 0) is 0 Å². The van der Waals surface area contributed by atoms with Gasteiger partial charge in [0.15, 0.2) is 0 Å². The van der Waals surface area contributed by atoms with Crippen LogP contribution in [0.5, 0.6) is 0 Å². The lowest BCUT2D eigenvalue weighted by atomic mass is 10.3. The first kappa shape index (κ1) is 10.9. The standard InChI is InChI=1S/C11H15N7/c1-7-5-8(7)6-13-10-15-9(12)16-11(17-10)18-4-2-3-14-18/h2-4,7-8H,5-6H2,1H3,(H3,12,13,15,16,17). The summed E-state index contributed by atoms with van der Waals surface area (Å²) in [5.41, 5.74) is 5.67. The van der Waals surface area contributed by atoms with Gasteiger partial charge < -0.3 is 11.1 Å². The summed E-state index contributed by atoms with van der Waals surface area (Å²) in [5, 5.41) is 7.27. The average molecular weight is 245 g/mol. The van der Waals surface area contributed by atoms with Crippen LogP contribution in [0.25, 0.3) is 5.95 Å². The topological polar surface area (TPSA) is 94.5 Å². The van der Waals surface area contributed by atoms with E-state index in [4.69, 9.17) is 5.73 Å². The van der Waals surface area contributed by atoms with Crippen molar-refractivity contribution < 1.29 is 0 Å². The lowest BCUT2D eigenvalue weighted by molar-refractivity contribution is 0.768. The summed E-state index contributed by atoms with van der Waals surface area (Å²) in [7, 11) is 0. The summed E-state index contributed by atoms with van der Waals surface area (Å²) in [5.74, 6) is 2.64. The van der Waals surface area contributed by atoms with Gasteiger partial charge in [0.25, 0.3) is 5.95 Å². The monoisotopic (exact) mass is 245 g/mol. The van der Waals surface area contributed by atoms with E-state index in [1.165, 1.54) is 6.42 Å². The second kappa shape index (κ2) is 4.25. The molecular formula is C11H15N7. The van der Waals surface area contributed by atoms with Crippen LogP contribution in [0.4, 0.5) is 11.9 Å². The molecule has 0 spiro atoms. The van der Waals surface area contributed by atoms with Crippen molar-refractivity contribution in [2.24, 2.45) is 11.8 Å². The van der Waals surface area contributed by atoms with Crippen LogP contribution in [0.3, 0.4) is 0 Å². The zero-order chi connectivity index (χ0) is 12.5. The minimum atomic E-state index is 0.196. The van der Waals surface area contributed by atoms with E-state index in [0.29, 0.717) is 11.9 Å². The first-order valence-corrected chi connectivity index (χ1v) is 5.98. The first-order chi connectivity index (χ1) is 8.72. The van der Waals surface area contributed by atoms with Crippen molar-refractivity contribution in [1.29, 1.82) is 0 Å². The number of nitrogens with two attached hydrogens (primary N) is 1. The van der Waals surface area contributed by atoms with Crippen LogP contribution in [0.2, 0.25) is 0 Å². The quantitative estimate of drug-likeness (QED) is 0.823. The predicted molar refractivity (Wildman–Crippen MR) is 67.1 cm³/mol. The Morgan fingerprint density at radius 3 is 2.94 bits per heavy atom. The fraction of sp³-hybridized carbons (Fsp3) is 0.455. The molecule has 1 aliphatic carbocycles. The summed E-state index contributed by atoms with van der Waals surface area (Å²) >= 11 is 0. The van der Waals surface area contributed by atoms with Crippen LogP contribution < -0.4 is 11.1 Å². The normalized spacial score (nSPS) is 21.8. The number of hydrogen-bond acceptors (Lipinski definition) is 6. The third kappa shape index (κ3) is 2.24. The van der Waals surface area contributed by atoms with E-state index in [9.17, 15) is 0 Å². The van der Waals surface area contributed by atoms with Crippen LogP contribution in [0.1, 0.15) is 13.3 Å². The minimum absolute atomic E-state index is 0.196. The van der Waals surface area contributed by atoms with E-state index in [2.05, 4.69) is 32.3 Å². The van der Waals surface area contributed by atoms with Gasteiger partial charge in [0.1, 0.15) is 0 Å². The molecule has 2 aromatic rings. The third-order valence-corrected chi connectivity index (χ3v) is 3.15. The van der Waals surface area contributed by atoms with Gasteiger partial charge >= 0.3 is 0 Å². The second-order valence-electron chi connectivity index (χ2n) is 4.62. The molecule has 1 saturated carbocycles. The number of nitrogens with one attached hydrogen (secondary N) is 1. The minimum Gasteiger partial charge on any atom is -0.368 e. The maximum absolute atomic E-state index is 5.67. The Morgan fingerprint density at radius 1 is 1.44 bits per heavy atom. The highest BCUT2D eigenvalue weighted by Gasteiger charge is 2.32. The molecule has 7 nitrogen and oxygen atoms in total. The van der Waals surface area contributed by atoms with E-state index < -0.39 is 0 Å². The van der Waals surface area contributed by atoms with Crippen molar-refractivity contribution in [2.75, 3.05) is 17.6 Å². The second-order valence-corrected chi connectivity index (χ2v) is 4.62. The van der Waals surface area contributed by atoms with Gasteiger partial charge in [-0.15, -0.1) is 0 Å². The molecule has 18 heavy (non-hydrogen) atoms. The maximum atomic E-state index is 5.67. The summed E-state index contributed by atoms with van der Waals surface area (Å²) < 4.78 is 1.56. The lowest BCUT2D eigenvalue weighted by Gasteiger charge is -2.06. The molecule has 0 amide bonds. The van der Waals surface area contributed by atoms with E-state index in [1.807, 2.05) is 0 Å². The Bertz CT molecular complexity index is 536. The van der Waals surface area contributed by atoms with Crippen molar-refractivity contribution in [2.45, 2.75) is 13.3 Å². The highest BCUT2D eigenvalue weighted by Crippen LogP contribution is 2.37.